The lowest BCUT2D eigenvalue weighted by Gasteiger charge is -2.30. The summed E-state index contributed by atoms with van der Waals surface area (Å²) in [5.41, 5.74) is -0.539. The van der Waals surface area contributed by atoms with Crippen LogP contribution in [0.4, 0.5) is 16.7 Å². The lowest BCUT2D eigenvalue weighted by molar-refractivity contribution is 0.0271. The minimum Gasteiger partial charge on any atom is -0.442 e. The Labute approximate surface area is 143 Å². The summed E-state index contributed by atoms with van der Waals surface area (Å²) in [6.45, 7) is 10.9. The third-order valence-electron chi connectivity index (χ3n) is 3.41. The summed E-state index contributed by atoms with van der Waals surface area (Å²) in [5.74, 6) is 1.95. The van der Waals surface area contributed by atoms with Gasteiger partial charge in [-0.2, -0.15) is 15.0 Å². The summed E-state index contributed by atoms with van der Waals surface area (Å²) in [4.78, 5) is 27.8. The molecule has 24 heavy (non-hydrogen) atoms. The van der Waals surface area contributed by atoms with Crippen LogP contribution in [0.15, 0.2) is 0 Å². The molecule has 1 aromatic rings. The number of ether oxygens (including phenoxy) is 1. The number of hydrogen-bond acceptors (Lipinski definition) is 7. The van der Waals surface area contributed by atoms with Gasteiger partial charge in [0.1, 0.15) is 11.4 Å². The van der Waals surface area contributed by atoms with Crippen LogP contribution >= 0.6 is 0 Å². The first-order valence-electron chi connectivity index (χ1n) is 8.30. The molecule has 1 fully saturated rings. The van der Waals surface area contributed by atoms with Crippen LogP contribution in [0.1, 0.15) is 52.8 Å². The normalized spacial score (nSPS) is 15.2. The fraction of sp³-hybridized carbons (Fsp3) is 0.750. The van der Waals surface area contributed by atoms with Gasteiger partial charge in [-0.3, -0.25) is 0 Å². The van der Waals surface area contributed by atoms with Gasteiger partial charge >= 0.3 is 6.09 Å². The van der Waals surface area contributed by atoms with Gasteiger partial charge in [-0.15, -0.1) is 0 Å². The Bertz CT molecular complexity index is 570. The maximum Gasteiger partial charge on any atom is 0.429 e. The predicted octanol–water partition coefficient (Wildman–Crippen LogP) is 2.42. The lowest BCUT2D eigenvalue weighted by Crippen LogP contribution is -2.45. The minimum absolute atomic E-state index is 0.169. The van der Waals surface area contributed by atoms with Crippen molar-refractivity contribution in [2.24, 2.45) is 0 Å². The monoisotopic (exact) mass is 336 g/mol. The number of nitrogens with zero attached hydrogens (tertiary/aromatic N) is 6. The third-order valence-corrected chi connectivity index (χ3v) is 3.41. The largest absolute Gasteiger partial charge is 0.442 e. The van der Waals surface area contributed by atoms with Gasteiger partial charge in [-0.1, -0.05) is 13.8 Å². The molecule has 0 unspecified atom stereocenters. The van der Waals surface area contributed by atoms with Gasteiger partial charge in [0, 0.05) is 33.1 Å². The molecule has 0 aromatic carbocycles. The Hall–Kier alpha value is -2.12. The molecule has 8 nitrogen and oxygen atoms in total. The van der Waals surface area contributed by atoms with Crippen LogP contribution in [0.2, 0.25) is 0 Å². The molecule has 0 saturated carbocycles. The van der Waals surface area contributed by atoms with E-state index in [0.717, 1.165) is 6.42 Å². The topological polar surface area (TPSA) is 74.7 Å². The molecular formula is C16H28N6O2. The van der Waals surface area contributed by atoms with Gasteiger partial charge in [-0.05, 0) is 27.2 Å². The van der Waals surface area contributed by atoms with Gasteiger partial charge in [-0.25, -0.2) is 14.8 Å². The van der Waals surface area contributed by atoms with Crippen LogP contribution in [0.3, 0.4) is 0 Å². The average molecular weight is 336 g/mol. The molecule has 1 amide bonds. The number of hydrogen-bond donors (Lipinski definition) is 0. The lowest BCUT2D eigenvalue weighted by atomic mass is 10.2. The molecule has 1 aliphatic heterocycles. The van der Waals surface area contributed by atoms with E-state index in [1.807, 2.05) is 53.6 Å². The molecule has 1 saturated heterocycles. The summed E-state index contributed by atoms with van der Waals surface area (Å²) < 4.78 is 5.49. The molecule has 134 valence electrons. The van der Waals surface area contributed by atoms with Crippen molar-refractivity contribution in [3.63, 3.8) is 0 Å². The molecule has 0 spiro atoms. The Balaban J connectivity index is 2.33. The molecule has 1 aliphatic rings. The predicted molar refractivity (Wildman–Crippen MR) is 93.1 cm³/mol. The smallest absolute Gasteiger partial charge is 0.429 e. The van der Waals surface area contributed by atoms with E-state index in [4.69, 9.17) is 4.74 Å². The first kappa shape index (κ1) is 18.2. The van der Waals surface area contributed by atoms with E-state index in [2.05, 4.69) is 15.0 Å². The first-order valence-corrected chi connectivity index (χ1v) is 8.30. The van der Waals surface area contributed by atoms with Gasteiger partial charge in [0.25, 0.3) is 0 Å². The van der Waals surface area contributed by atoms with E-state index in [9.17, 15) is 4.79 Å². The van der Waals surface area contributed by atoms with Crippen molar-refractivity contribution in [3.05, 3.63) is 5.82 Å². The molecule has 2 heterocycles. The summed E-state index contributed by atoms with van der Waals surface area (Å²) in [7, 11) is 3.78. The zero-order chi connectivity index (χ0) is 18.1. The number of carbonyl (C=O) groups excluding carboxylic acids is 1. The second-order valence-electron chi connectivity index (χ2n) is 7.42. The van der Waals surface area contributed by atoms with Gasteiger partial charge in [0.2, 0.25) is 11.9 Å². The van der Waals surface area contributed by atoms with Crippen LogP contribution in [-0.4, -0.2) is 58.8 Å². The van der Waals surface area contributed by atoms with E-state index in [-0.39, 0.29) is 12.0 Å². The highest BCUT2D eigenvalue weighted by molar-refractivity contribution is 5.70. The second-order valence-corrected chi connectivity index (χ2v) is 7.42. The molecular weight excluding hydrogens is 308 g/mol. The van der Waals surface area contributed by atoms with Gasteiger partial charge in [0.05, 0.1) is 0 Å². The fourth-order valence-corrected chi connectivity index (χ4v) is 2.27. The fourth-order valence-electron chi connectivity index (χ4n) is 2.27. The summed E-state index contributed by atoms with van der Waals surface area (Å²) in [6, 6.07) is 0. The van der Waals surface area contributed by atoms with Crippen molar-refractivity contribution in [2.75, 3.05) is 37.1 Å². The minimum atomic E-state index is -0.539. The number of amides is 1. The van der Waals surface area contributed by atoms with Crippen LogP contribution in [0.5, 0.6) is 0 Å². The Morgan fingerprint density at radius 1 is 1.17 bits per heavy atom. The molecule has 2 rings (SSSR count). The number of carbonyl (C=O) groups is 1. The van der Waals surface area contributed by atoms with Gasteiger partial charge in [0.15, 0.2) is 0 Å². The molecule has 1 aromatic heterocycles. The van der Waals surface area contributed by atoms with E-state index >= 15 is 0 Å². The van der Waals surface area contributed by atoms with Crippen LogP contribution in [0.25, 0.3) is 0 Å². The van der Waals surface area contributed by atoms with Crippen molar-refractivity contribution >= 4 is 18.0 Å². The van der Waals surface area contributed by atoms with Crippen LogP contribution in [0, 0.1) is 0 Å². The Kier molecular flexibility index (Phi) is 5.15. The number of rotatable bonds is 3. The van der Waals surface area contributed by atoms with Crippen molar-refractivity contribution in [1.29, 1.82) is 0 Å². The Morgan fingerprint density at radius 3 is 2.38 bits per heavy atom. The van der Waals surface area contributed by atoms with Crippen molar-refractivity contribution in [1.82, 2.24) is 20.0 Å². The highest BCUT2D eigenvalue weighted by Gasteiger charge is 2.33. The number of aromatic nitrogens is 3. The SMILES string of the molecule is CC(C)c1nc(N(C)C)nc(N2CCCN2C(=O)OC(C)(C)C)n1. The van der Waals surface area contributed by atoms with Crippen molar-refractivity contribution < 1.29 is 9.53 Å². The van der Waals surface area contributed by atoms with E-state index in [0.29, 0.717) is 30.8 Å². The highest BCUT2D eigenvalue weighted by atomic mass is 16.6. The number of hydrazine groups is 1. The van der Waals surface area contributed by atoms with E-state index < -0.39 is 5.60 Å². The van der Waals surface area contributed by atoms with Crippen molar-refractivity contribution in [3.8, 4) is 0 Å². The molecule has 0 atom stereocenters. The summed E-state index contributed by atoms with van der Waals surface area (Å²) in [6.07, 6.45) is 0.470. The van der Waals surface area contributed by atoms with E-state index in [1.54, 1.807) is 10.0 Å². The summed E-state index contributed by atoms with van der Waals surface area (Å²) in [5, 5.41) is 3.36. The maximum absolute atomic E-state index is 12.5. The quantitative estimate of drug-likeness (QED) is 0.839. The summed E-state index contributed by atoms with van der Waals surface area (Å²) >= 11 is 0. The standard InChI is InChI=1S/C16H28N6O2/c1-11(2)12-17-13(20(6)7)19-14(18-12)21-9-8-10-22(21)15(23)24-16(3,4)5/h11H,8-10H2,1-7H3. The third kappa shape index (κ3) is 4.24. The van der Waals surface area contributed by atoms with Crippen LogP contribution < -0.4 is 9.91 Å². The van der Waals surface area contributed by atoms with E-state index in [1.165, 1.54) is 0 Å². The molecule has 0 aliphatic carbocycles. The first-order chi connectivity index (χ1) is 11.1. The highest BCUT2D eigenvalue weighted by Crippen LogP contribution is 2.23. The molecule has 0 radical (unpaired) electrons. The zero-order valence-corrected chi connectivity index (χ0v) is 15.7. The molecule has 8 heteroatoms. The van der Waals surface area contributed by atoms with Crippen LogP contribution in [-0.2, 0) is 4.74 Å². The molecule has 0 N–H and O–H groups in total. The van der Waals surface area contributed by atoms with Crippen molar-refractivity contribution in [2.45, 2.75) is 52.6 Å². The molecule has 0 bridgehead atoms. The zero-order valence-electron chi connectivity index (χ0n) is 15.7. The number of anilines is 2. The maximum atomic E-state index is 12.5. The Morgan fingerprint density at radius 2 is 1.83 bits per heavy atom. The van der Waals surface area contributed by atoms with Gasteiger partial charge < -0.3 is 9.64 Å². The second kappa shape index (κ2) is 6.78. The average Bonchev–Trinajstić information content (AvgIpc) is 2.94.